The molecule has 37 heavy (non-hydrogen) atoms. The zero-order valence-electron chi connectivity index (χ0n) is 21.4. The van der Waals surface area contributed by atoms with E-state index in [1.807, 2.05) is 6.07 Å². The Balaban J connectivity index is 0.000000317. The number of likely N-dealkylation sites (tertiary alicyclic amines) is 1. The largest absolute Gasteiger partial charge is 0.481 e. The fourth-order valence-corrected chi connectivity index (χ4v) is 4.44. The van der Waals surface area contributed by atoms with Crippen LogP contribution >= 0.6 is 0 Å². The number of hydrogen-bond acceptors (Lipinski definition) is 6. The molecule has 1 aromatic heterocycles. The second kappa shape index (κ2) is 13.8. The van der Waals surface area contributed by atoms with Gasteiger partial charge in [-0.1, -0.05) is 25.1 Å². The number of nitrogens with zero attached hydrogens (tertiary/aromatic N) is 2. The lowest BCUT2D eigenvalue weighted by molar-refractivity contribution is -0.170. The number of hydrogen-bond donors (Lipinski definition) is 5. The van der Waals surface area contributed by atoms with Crippen molar-refractivity contribution >= 4 is 34.7 Å². The summed E-state index contributed by atoms with van der Waals surface area (Å²) in [6, 6.07) is 8.61. The molecule has 2 heterocycles. The van der Waals surface area contributed by atoms with Gasteiger partial charge in [-0.3, -0.25) is 14.4 Å². The Kier molecular flexibility index (Phi) is 11.1. The third-order valence-electron chi connectivity index (χ3n) is 6.38. The molecular formula is C26H37N3O8. The highest BCUT2D eigenvalue weighted by molar-refractivity contribution is 5.89. The lowest BCUT2D eigenvalue weighted by Crippen LogP contribution is -2.43. The average molecular weight is 520 g/mol. The van der Waals surface area contributed by atoms with Crippen LogP contribution in [0.3, 0.4) is 0 Å². The van der Waals surface area contributed by atoms with Gasteiger partial charge >= 0.3 is 17.9 Å². The minimum Gasteiger partial charge on any atom is -0.481 e. The second-order valence-electron chi connectivity index (χ2n) is 9.29. The Hall–Kier alpha value is -3.44. The monoisotopic (exact) mass is 519 g/mol. The Morgan fingerprint density at radius 3 is 2.11 bits per heavy atom. The molecule has 5 N–H and O–H groups in total. The fraction of sp³-hybridized carbons (Fsp3) is 0.538. The molecule has 0 spiro atoms. The summed E-state index contributed by atoms with van der Waals surface area (Å²) < 4.78 is 2.22. The summed E-state index contributed by atoms with van der Waals surface area (Å²) in [7, 11) is 0. The van der Waals surface area contributed by atoms with E-state index in [4.69, 9.17) is 20.4 Å². The number of carboxylic acid groups (broad SMARTS) is 3. The van der Waals surface area contributed by atoms with Gasteiger partial charge in [-0.15, -0.1) is 0 Å². The van der Waals surface area contributed by atoms with E-state index >= 15 is 0 Å². The summed E-state index contributed by atoms with van der Waals surface area (Å²) in [5.41, 5.74) is -0.398. The maximum atomic E-state index is 12.6. The topological polar surface area (TPSA) is 169 Å². The number of aliphatic carboxylic acids is 3. The van der Waals surface area contributed by atoms with Gasteiger partial charge in [0.15, 0.2) is 5.60 Å². The van der Waals surface area contributed by atoms with Gasteiger partial charge in [0, 0.05) is 36.2 Å². The van der Waals surface area contributed by atoms with Crippen molar-refractivity contribution in [2.45, 2.75) is 70.6 Å². The van der Waals surface area contributed by atoms with E-state index in [0.29, 0.717) is 6.42 Å². The van der Waals surface area contributed by atoms with Crippen LogP contribution in [0.15, 0.2) is 30.5 Å². The molecule has 3 rings (SSSR count). The first-order valence-electron chi connectivity index (χ1n) is 12.5. The van der Waals surface area contributed by atoms with Crippen LogP contribution in [-0.4, -0.2) is 85.0 Å². The Morgan fingerprint density at radius 2 is 1.59 bits per heavy atom. The standard InChI is InChI=1S/C20H29N3O.C6H8O7/c1-3-17(15-22-11-7-8-12-22)21-20(24)13-16-14-23(4-2)19-10-6-5-9-18(16)19;7-3(8)1-6(13,5(11)12)2-4(9)10/h5-6,9-10,14,17H,3-4,7-8,11-13,15H2,1-2H3,(H,21,24);13H,1-2H2,(H,7,8)(H,9,10)(H,11,12). The van der Waals surface area contributed by atoms with Crippen molar-refractivity contribution in [1.82, 2.24) is 14.8 Å². The third kappa shape index (κ3) is 8.87. The number of fused-ring (bicyclic) bond motifs is 1. The van der Waals surface area contributed by atoms with Crippen molar-refractivity contribution < 1.29 is 39.6 Å². The lowest BCUT2D eigenvalue weighted by Gasteiger charge is -2.23. The minimum atomic E-state index is -2.74. The molecule has 0 saturated carbocycles. The first-order valence-corrected chi connectivity index (χ1v) is 12.5. The summed E-state index contributed by atoms with van der Waals surface area (Å²) in [5.74, 6) is -4.88. The van der Waals surface area contributed by atoms with Crippen LogP contribution in [0.4, 0.5) is 0 Å². The maximum Gasteiger partial charge on any atom is 0.336 e. The van der Waals surface area contributed by atoms with Crippen LogP contribution in [0.25, 0.3) is 10.9 Å². The number of aliphatic hydroxyl groups is 1. The van der Waals surface area contributed by atoms with Crippen LogP contribution in [-0.2, 0) is 32.1 Å². The van der Waals surface area contributed by atoms with Gasteiger partial charge in [0.2, 0.25) is 5.91 Å². The highest BCUT2D eigenvalue weighted by atomic mass is 16.4. The number of rotatable bonds is 12. The first-order chi connectivity index (χ1) is 17.5. The molecule has 1 aliphatic heterocycles. The molecular weight excluding hydrogens is 482 g/mol. The normalized spacial score (nSPS) is 14.6. The number of aromatic nitrogens is 1. The zero-order valence-corrected chi connectivity index (χ0v) is 21.4. The van der Waals surface area contributed by atoms with Crippen molar-refractivity contribution in [3.8, 4) is 0 Å². The van der Waals surface area contributed by atoms with Gasteiger partial charge < -0.3 is 35.2 Å². The third-order valence-corrected chi connectivity index (χ3v) is 6.38. The molecule has 204 valence electrons. The highest BCUT2D eigenvalue weighted by Crippen LogP contribution is 2.22. The average Bonchev–Trinajstić information content (AvgIpc) is 3.46. The van der Waals surface area contributed by atoms with Crippen LogP contribution in [0.2, 0.25) is 0 Å². The Morgan fingerprint density at radius 1 is 1.00 bits per heavy atom. The van der Waals surface area contributed by atoms with E-state index in [1.54, 1.807) is 0 Å². The number of nitrogens with one attached hydrogen (secondary N) is 1. The number of benzene rings is 1. The second-order valence-corrected chi connectivity index (χ2v) is 9.29. The number of aryl methyl sites for hydroxylation is 1. The molecule has 1 unspecified atom stereocenters. The molecule has 11 heteroatoms. The zero-order chi connectivity index (χ0) is 27.6. The molecule has 2 aromatic rings. The molecule has 1 fully saturated rings. The Bertz CT molecular complexity index is 1070. The quantitative estimate of drug-likeness (QED) is 0.281. The molecule has 11 nitrogen and oxygen atoms in total. The Labute approximate surface area is 215 Å². The lowest BCUT2D eigenvalue weighted by atomic mass is 9.96. The number of amides is 1. The molecule has 0 radical (unpaired) electrons. The SMILES string of the molecule is CCC(CN1CCCC1)NC(=O)Cc1cn(CC)c2ccccc12.O=C(O)CC(O)(CC(=O)O)C(=O)O. The minimum absolute atomic E-state index is 0.139. The number of para-hydroxylation sites is 1. The summed E-state index contributed by atoms with van der Waals surface area (Å²) >= 11 is 0. The van der Waals surface area contributed by atoms with E-state index in [-0.39, 0.29) is 11.9 Å². The van der Waals surface area contributed by atoms with Gasteiger partial charge in [-0.25, -0.2) is 4.79 Å². The van der Waals surface area contributed by atoms with Gasteiger partial charge in [0.05, 0.1) is 19.3 Å². The first kappa shape index (κ1) is 29.8. The fourth-order valence-electron chi connectivity index (χ4n) is 4.44. The predicted octanol–water partition coefficient (Wildman–Crippen LogP) is 1.95. The van der Waals surface area contributed by atoms with Gasteiger partial charge in [-0.05, 0) is 50.9 Å². The van der Waals surface area contributed by atoms with Crippen LogP contribution in [0, 0.1) is 0 Å². The molecule has 1 aromatic carbocycles. The molecule has 1 saturated heterocycles. The molecule has 1 aliphatic rings. The molecule has 0 bridgehead atoms. The van der Waals surface area contributed by atoms with Crippen molar-refractivity contribution in [2.75, 3.05) is 19.6 Å². The van der Waals surface area contributed by atoms with Crippen LogP contribution < -0.4 is 5.32 Å². The molecule has 1 atom stereocenters. The van der Waals surface area contributed by atoms with Crippen LogP contribution in [0.5, 0.6) is 0 Å². The van der Waals surface area contributed by atoms with E-state index in [9.17, 15) is 19.2 Å². The van der Waals surface area contributed by atoms with Gasteiger partial charge in [-0.2, -0.15) is 0 Å². The van der Waals surface area contributed by atoms with Crippen molar-refractivity contribution in [2.24, 2.45) is 0 Å². The van der Waals surface area contributed by atoms with Gasteiger partial charge in [0.1, 0.15) is 0 Å². The van der Waals surface area contributed by atoms with Crippen molar-refractivity contribution in [3.05, 3.63) is 36.0 Å². The summed E-state index contributed by atoms with van der Waals surface area (Å²) in [5, 5.41) is 38.3. The van der Waals surface area contributed by atoms with E-state index < -0.39 is 36.4 Å². The van der Waals surface area contributed by atoms with Gasteiger partial charge in [0.25, 0.3) is 0 Å². The molecule has 1 amide bonds. The van der Waals surface area contributed by atoms with E-state index in [0.717, 1.165) is 25.1 Å². The van der Waals surface area contributed by atoms with Crippen molar-refractivity contribution in [1.29, 1.82) is 0 Å². The number of carbonyl (C=O) groups excluding carboxylic acids is 1. The molecule has 0 aliphatic carbocycles. The predicted molar refractivity (Wildman–Crippen MR) is 136 cm³/mol. The maximum absolute atomic E-state index is 12.6. The highest BCUT2D eigenvalue weighted by Gasteiger charge is 2.40. The number of carbonyl (C=O) groups is 4. The summed E-state index contributed by atoms with van der Waals surface area (Å²) in [4.78, 5) is 45.5. The van der Waals surface area contributed by atoms with E-state index in [1.165, 1.54) is 36.8 Å². The van der Waals surface area contributed by atoms with Crippen LogP contribution in [0.1, 0.15) is 51.5 Å². The summed E-state index contributed by atoms with van der Waals surface area (Å²) in [6.07, 6.45) is 3.87. The summed E-state index contributed by atoms with van der Waals surface area (Å²) in [6.45, 7) is 8.56. The van der Waals surface area contributed by atoms with Crippen molar-refractivity contribution in [3.63, 3.8) is 0 Å². The van der Waals surface area contributed by atoms with E-state index in [2.05, 4.69) is 53.0 Å². The number of carboxylic acids is 3. The smallest absolute Gasteiger partial charge is 0.336 e.